The predicted octanol–water partition coefficient (Wildman–Crippen LogP) is 1.01. The summed E-state index contributed by atoms with van der Waals surface area (Å²) in [6, 6.07) is 0. The summed E-state index contributed by atoms with van der Waals surface area (Å²) in [5, 5.41) is -0.687. The number of hydrogen-bond acceptors (Lipinski definition) is 2. The van der Waals surface area contributed by atoms with Gasteiger partial charge in [-0.25, -0.2) is 4.84 Å². The summed E-state index contributed by atoms with van der Waals surface area (Å²) in [7, 11) is 0. The second-order valence-corrected chi connectivity index (χ2v) is 1.19. The van der Waals surface area contributed by atoms with Gasteiger partial charge in [-0.05, 0) is 5.06 Å². The molecule has 2 atom stereocenters. The fraction of sp³-hybridized carbons (Fsp3) is 1.00. The van der Waals surface area contributed by atoms with Gasteiger partial charge >= 0.3 is 12.8 Å². The smallest absolute Gasteiger partial charge is 0.231 e. The Morgan fingerprint density at radius 2 is 1.75 bits per heavy atom. The maximum absolute atomic E-state index is 11.3. The summed E-state index contributed by atoms with van der Waals surface area (Å²) in [4.78, 5) is 3.32. The van der Waals surface area contributed by atoms with Crippen LogP contribution in [0.2, 0.25) is 0 Å². The average molecular weight is 131 g/mol. The fourth-order valence-corrected chi connectivity index (χ4v) is 0.241. The predicted molar refractivity (Wildman–Crippen MR) is 13.9 cm³/mol. The molecule has 0 bridgehead atoms. The van der Waals surface area contributed by atoms with Crippen LogP contribution in [0.3, 0.4) is 0 Å². The van der Waals surface area contributed by atoms with Crippen LogP contribution in [0.5, 0.6) is 0 Å². The normalized spacial score (nSPS) is 37.5. The number of halogens is 4. The minimum atomic E-state index is -4.68. The van der Waals surface area contributed by atoms with Gasteiger partial charge in [-0.1, -0.05) is 0 Å². The molecule has 0 N–H and O–H groups in total. The molecule has 1 aliphatic rings. The number of alkyl halides is 4. The monoisotopic (exact) mass is 131 g/mol. The highest BCUT2D eigenvalue weighted by Gasteiger charge is 2.56. The molecule has 2 nitrogen and oxygen atoms in total. The minimum absolute atomic E-state index is 0.687. The second kappa shape index (κ2) is 1.32. The van der Waals surface area contributed by atoms with Crippen molar-refractivity contribution in [3.05, 3.63) is 0 Å². The van der Waals surface area contributed by atoms with E-state index in [2.05, 4.69) is 4.84 Å². The third-order valence-corrected chi connectivity index (χ3v) is 0.589. The molecular formula is C2HF4NO. The van der Waals surface area contributed by atoms with Gasteiger partial charge in [0.2, 0.25) is 0 Å². The fourth-order valence-electron chi connectivity index (χ4n) is 0.241. The van der Waals surface area contributed by atoms with Crippen molar-refractivity contribution in [1.82, 2.24) is 5.06 Å². The van der Waals surface area contributed by atoms with Crippen LogP contribution in [-0.4, -0.2) is 17.8 Å². The molecule has 0 aromatic heterocycles. The quantitative estimate of drug-likeness (QED) is 0.277. The van der Waals surface area contributed by atoms with Gasteiger partial charge in [-0.3, -0.25) is 0 Å². The van der Waals surface area contributed by atoms with Gasteiger partial charge < -0.3 is 0 Å². The highest BCUT2D eigenvalue weighted by Crippen LogP contribution is 2.35. The molecule has 2 unspecified atom stereocenters. The highest BCUT2D eigenvalue weighted by atomic mass is 19.4. The van der Waals surface area contributed by atoms with Crippen LogP contribution >= 0.6 is 0 Å². The molecule has 0 saturated carbocycles. The molecule has 0 aromatic carbocycles. The van der Waals surface area contributed by atoms with Crippen molar-refractivity contribution in [1.29, 1.82) is 0 Å². The molecule has 48 valence electrons. The van der Waals surface area contributed by atoms with Gasteiger partial charge in [0.15, 0.2) is 0 Å². The summed E-state index contributed by atoms with van der Waals surface area (Å²) in [6.45, 7) is -2.28. The molecule has 1 rings (SSSR count). The summed E-state index contributed by atoms with van der Waals surface area (Å²) >= 11 is 0. The van der Waals surface area contributed by atoms with Crippen molar-refractivity contribution in [3.63, 3.8) is 0 Å². The van der Waals surface area contributed by atoms with Crippen LogP contribution < -0.4 is 0 Å². The third kappa shape index (κ3) is 0.896. The highest BCUT2D eigenvalue weighted by molar-refractivity contribution is 4.55. The Morgan fingerprint density at radius 1 is 1.38 bits per heavy atom. The Bertz CT molecular complexity index is 101. The molecule has 0 amide bonds. The summed E-state index contributed by atoms with van der Waals surface area (Å²) in [5.74, 6) is 0. The van der Waals surface area contributed by atoms with Crippen molar-refractivity contribution in [2.24, 2.45) is 0 Å². The molecular weight excluding hydrogens is 130 g/mol. The topological polar surface area (TPSA) is 15.5 Å². The molecule has 0 spiro atoms. The van der Waals surface area contributed by atoms with Gasteiger partial charge in [-0.2, -0.15) is 17.6 Å². The van der Waals surface area contributed by atoms with Crippen LogP contribution in [0.4, 0.5) is 17.6 Å². The van der Waals surface area contributed by atoms with E-state index >= 15 is 0 Å². The van der Waals surface area contributed by atoms with E-state index < -0.39 is 17.8 Å². The lowest BCUT2D eigenvalue weighted by Crippen LogP contribution is -2.20. The Labute approximate surface area is 41.6 Å². The molecule has 1 heterocycles. The molecule has 8 heavy (non-hydrogen) atoms. The lowest BCUT2D eigenvalue weighted by atomic mass is 11.1. The van der Waals surface area contributed by atoms with Crippen molar-refractivity contribution in [2.45, 2.75) is 12.8 Å². The number of rotatable bonds is 0. The van der Waals surface area contributed by atoms with Gasteiger partial charge in [0.05, 0.1) is 0 Å². The standard InChI is InChI=1S/C2HF4NO/c3-1-7(8-1)2(4,5)6/h1H. The lowest BCUT2D eigenvalue weighted by molar-refractivity contribution is -0.248. The molecule has 6 heteroatoms. The van der Waals surface area contributed by atoms with Crippen molar-refractivity contribution < 1.29 is 22.4 Å². The van der Waals surface area contributed by atoms with E-state index in [4.69, 9.17) is 0 Å². The van der Waals surface area contributed by atoms with Gasteiger partial charge in [0, 0.05) is 0 Å². The molecule has 0 aliphatic carbocycles. The van der Waals surface area contributed by atoms with Crippen LogP contribution in [0.25, 0.3) is 0 Å². The summed E-state index contributed by atoms with van der Waals surface area (Å²) in [5.41, 5.74) is 0. The third-order valence-electron chi connectivity index (χ3n) is 0.589. The van der Waals surface area contributed by atoms with Gasteiger partial charge in [0.1, 0.15) is 0 Å². The number of hydroxylamine groups is 2. The number of hydrogen-bond donors (Lipinski definition) is 0. The summed E-state index contributed by atoms with van der Waals surface area (Å²) < 4.78 is 44.4. The van der Waals surface area contributed by atoms with Crippen molar-refractivity contribution in [3.8, 4) is 0 Å². The van der Waals surface area contributed by atoms with Gasteiger partial charge in [0.25, 0.3) is 0 Å². The SMILES string of the molecule is FC1ON1C(F)(F)F. The minimum Gasteiger partial charge on any atom is -0.231 e. The van der Waals surface area contributed by atoms with E-state index in [1.54, 1.807) is 0 Å². The molecule has 1 fully saturated rings. The van der Waals surface area contributed by atoms with E-state index in [1.165, 1.54) is 0 Å². The Morgan fingerprint density at radius 3 is 1.75 bits per heavy atom. The van der Waals surface area contributed by atoms with Crippen molar-refractivity contribution >= 4 is 0 Å². The first-order chi connectivity index (χ1) is 3.52. The van der Waals surface area contributed by atoms with E-state index in [-0.39, 0.29) is 0 Å². The average Bonchev–Trinajstić information content (AvgIpc) is 2.13. The zero-order valence-electron chi connectivity index (χ0n) is 3.44. The van der Waals surface area contributed by atoms with E-state index in [0.29, 0.717) is 0 Å². The Kier molecular flexibility index (Phi) is 0.954. The molecule has 0 aromatic rings. The molecule has 0 radical (unpaired) electrons. The second-order valence-electron chi connectivity index (χ2n) is 1.19. The maximum Gasteiger partial charge on any atom is 0.487 e. The number of nitrogens with zero attached hydrogens (tertiary/aromatic N) is 1. The lowest BCUT2D eigenvalue weighted by Gasteiger charge is -1.98. The van der Waals surface area contributed by atoms with Crippen LogP contribution in [-0.2, 0) is 4.84 Å². The zero-order valence-corrected chi connectivity index (χ0v) is 3.44. The van der Waals surface area contributed by atoms with Gasteiger partial charge in [-0.15, -0.1) is 0 Å². The molecule has 1 saturated heterocycles. The summed E-state index contributed by atoms with van der Waals surface area (Å²) in [6.07, 6.45) is -4.68. The maximum atomic E-state index is 11.3. The Hall–Kier alpha value is -0.360. The van der Waals surface area contributed by atoms with Crippen LogP contribution in [0.15, 0.2) is 0 Å². The largest absolute Gasteiger partial charge is 0.487 e. The zero-order chi connectivity index (χ0) is 6.36. The van der Waals surface area contributed by atoms with Crippen LogP contribution in [0, 0.1) is 0 Å². The Balaban J connectivity index is 2.39. The first kappa shape index (κ1) is 5.77. The first-order valence-corrected chi connectivity index (χ1v) is 1.69. The van der Waals surface area contributed by atoms with E-state index in [9.17, 15) is 17.6 Å². The first-order valence-electron chi connectivity index (χ1n) is 1.69. The van der Waals surface area contributed by atoms with Crippen LogP contribution in [0.1, 0.15) is 0 Å². The molecule has 1 aliphatic heterocycles. The van der Waals surface area contributed by atoms with E-state index in [0.717, 1.165) is 0 Å². The van der Waals surface area contributed by atoms with E-state index in [1.807, 2.05) is 0 Å². The van der Waals surface area contributed by atoms with Crippen molar-refractivity contribution in [2.75, 3.05) is 0 Å².